The Balaban J connectivity index is 2.67. The monoisotopic (exact) mass is 270 g/mol. The van der Waals surface area contributed by atoms with Crippen LogP contribution in [0.2, 0.25) is 0 Å². The van der Waals surface area contributed by atoms with Gasteiger partial charge in [0.2, 0.25) is 0 Å². The largest absolute Gasteiger partial charge is 0.481 e. The van der Waals surface area contributed by atoms with Gasteiger partial charge in [0.25, 0.3) is 0 Å². The number of carboxylic acids is 1. The molecule has 0 bridgehead atoms. The standard InChI is InChI=1S/C14H26N2O3/c1-9(2)12(8-13(17)18)15-14(19)16-10(3)6-5-7-11(16)4/h9-12H,5-8H2,1-4H3,(H,15,19)(H,17,18)/t10-,11+,12?. The highest BCUT2D eigenvalue weighted by Gasteiger charge is 2.31. The summed E-state index contributed by atoms with van der Waals surface area (Å²) in [5.41, 5.74) is 0. The zero-order chi connectivity index (χ0) is 14.6. The maximum absolute atomic E-state index is 12.3. The Labute approximate surface area is 115 Å². The smallest absolute Gasteiger partial charge is 0.318 e. The first-order chi connectivity index (χ1) is 8.82. The van der Waals surface area contributed by atoms with Gasteiger partial charge in [-0.1, -0.05) is 13.8 Å². The van der Waals surface area contributed by atoms with Crippen LogP contribution in [-0.2, 0) is 4.79 Å². The molecule has 5 heteroatoms. The minimum atomic E-state index is -0.876. The van der Waals surface area contributed by atoms with E-state index in [1.807, 2.05) is 18.7 Å². The number of likely N-dealkylation sites (tertiary alicyclic amines) is 1. The van der Waals surface area contributed by atoms with Crippen LogP contribution in [0.3, 0.4) is 0 Å². The number of carbonyl (C=O) groups is 2. The quantitative estimate of drug-likeness (QED) is 0.824. The fourth-order valence-corrected chi connectivity index (χ4v) is 2.70. The fraction of sp³-hybridized carbons (Fsp3) is 0.857. The highest BCUT2D eigenvalue weighted by atomic mass is 16.4. The fourth-order valence-electron chi connectivity index (χ4n) is 2.70. The number of urea groups is 1. The number of carbonyl (C=O) groups excluding carboxylic acids is 1. The van der Waals surface area contributed by atoms with Crippen LogP contribution in [-0.4, -0.2) is 40.1 Å². The van der Waals surface area contributed by atoms with Crippen molar-refractivity contribution >= 4 is 12.0 Å². The molecule has 0 aliphatic carbocycles. The van der Waals surface area contributed by atoms with Crippen molar-refractivity contribution in [1.29, 1.82) is 0 Å². The predicted octanol–water partition coefficient (Wildman–Crippen LogP) is 2.46. The van der Waals surface area contributed by atoms with Crippen LogP contribution in [0.15, 0.2) is 0 Å². The van der Waals surface area contributed by atoms with E-state index in [4.69, 9.17) is 5.11 Å². The van der Waals surface area contributed by atoms with Crippen molar-refractivity contribution in [1.82, 2.24) is 10.2 Å². The van der Waals surface area contributed by atoms with Crippen molar-refractivity contribution in [2.24, 2.45) is 5.92 Å². The molecule has 3 atom stereocenters. The number of hydrogen-bond acceptors (Lipinski definition) is 2. The lowest BCUT2D eigenvalue weighted by Crippen LogP contribution is -2.55. The molecule has 5 nitrogen and oxygen atoms in total. The molecule has 2 N–H and O–H groups in total. The molecule has 1 fully saturated rings. The Morgan fingerprint density at radius 2 is 1.79 bits per heavy atom. The number of amides is 2. The minimum absolute atomic E-state index is 0.0278. The molecule has 1 saturated heterocycles. The normalized spacial score (nSPS) is 25.2. The maximum Gasteiger partial charge on any atom is 0.318 e. The minimum Gasteiger partial charge on any atom is -0.481 e. The number of hydrogen-bond donors (Lipinski definition) is 2. The van der Waals surface area contributed by atoms with E-state index in [9.17, 15) is 9.59 Å². The predicted molar refractivity (Wildman–Crippen MR) is 74.0 cm³/mol. The van der Waals surface area contributed by atoms with Gasteiger partial charge < -0.3 is 15.3 Å². The molecule has 0 aromatic rings. The first kappa shape index (κ1) is 15.8. The molecule has 110 valence electrons. The topological polar surface area (TPSA) is 69.6 Å². The maximum atomic E-state index is 12.3. The molecule has 1 rings (SSSR count). The molecule has 19 heavy (non-hydrogen) atoms. The average molecular weight is 270 g/mol. The molecular weight excluding hydrogens is 244 g/mol. The van der Waals surface area contributed by atoms with Gasteiger partial charge in [-0.3, -0.25) is 4.79 Å². The zero-order valence-electron chi connectivity index (χ0n) is 12.3. The lowest BCUT2D eigenvalue weighted by atomic mass is 9.97. The van der Waals surface area contributed by atoms with Crippen LogP contribution >= 0.6 is 0 Å². The van der Waals surface area contributed by atoms with E-state index in [2.05, 4.69) is 19.2 Å². The molecule has 0 spiro atoms. The Bertz CT molecular complexity index is 321. The van der Waals surface area contributed by atoms with E-state index in [0.29, 0.717) is 0 Å². The third kappa shape index (κ3) is 4.40. The molecule has 0 saturated carbocycles. The van der Waals surface area contributed by atoms with E-state index in [1.165, 1.54) is 0 Å². The molecule has 0 aromatic heterocycles. The molecule has 0 aromatic carbocycles. The lowest BCUT2D eigenvalue weighted by molar-refractivity contribution is -0.137. The summed E-state index contributed by atoms with van der Waals surface area (Å²) in [6.07, 6.45) is 3.15. The van der Waals surface area contributed by atoms with Crippen LogP contribution in [0.1, 0.15) is 53.4 Å². The van der Waals surface area contributed by atoms with Crippen molar-refractivity contribution in [3.05, 3.63) is 0 Å². The van der Waals surface area contributed by atoms with Crippen LogP contribution in [0.5, 0.6) is 0 Å². The summed E-state index contributed by atoms with van der Waals surface area (Å²) in [5.74, 6) is -0.769. The number of carboxylic acid groups (broad SMARTS) is 1. The van der Waals surface area contributed by atoms with Crippen molar-refractivity contribution < 1.29 is 14.7 Å². The van der Waals surface area contributed by atoms with Crippen molar-refractivity contribution in [2.75, 3.05) is 0 Å². The van der Waals surface area contributed by atoms with Crippen molar-refractivity contribution in [3.63, 3.8) is 0 Å². The summed E-state index contributed by atoms with van der Waals surface area (Å²) >= 11 is 0. The van der Waals surface area contributed by atoms with Gasteiger partial charge in [-0.25, -0.2) is 4.79 Å². The average Bonchev–Trinajstić information content (AvgIpc) is 2.27. The summed E-state index contributed by atoms with van der Waals surface area (Å²) in [5, 5.41) is 11.8. The van der Waals surface area contributed by atoms with Crippen molar-refractivity contribution in [3.8, 4) is 0 Å². The molecule has 0 radical (unpaired) electrons. The summed E-state index contributed by atoms with van der Waals surface area (Å²) in [6.45, 7) is 7.96. The Morgan fingerprint density at radius 3 is 2.21 bits per heavy atom. The Morgan fingerprint density at radius 1 is 1.26 bits per heavy atom. The van der Waals surface area contributed by atoms with E-state index in [1.54, 1.807) is 0 Å². The van der Waals surface area contributed by atoms with Gasteiger partial charge in [0.05, 0.1) is 6.42 Å². The van der Waals surface area contributed by atoms with Gasteiger partial charge in [0.1, 0.15) is 0 Å². The second-order valence-corrected chi connectivity index (χ2v) is 5.93. The van der Waals surface area contributed by atoms with E-state index in [-0.39, 0.29) is 36.5 Å². The first-order valence-electron chi connectivity index (χ1n) is 7.13. The molecule has 2 amide bonds. The van der Waals surface area contributed by atoms with E-state index >= 15 is 0 Å². The second kappa shape index (κ2) is 6.78. The number of nitrogens with one attached hydrogen (secondary N) is 1. The van der Waals surface area contributed by atoms with Crippen LogP contribution < -0.4 is 5.32 Å². The second-order valence-electron chi connectivity index (χ2n) is 5.93. The lowest BCUT2D eigenvalue weighted by Gasteiger charge is -2.40. The molecular formula is C14H26N2O3. The van der Waals surface area contributed by atoms with Crippen molar-refractivity contribution in [2.45, 2.75) is 71.5 Å². The molecule has 1 aliphatic rings. The van der Waals surface area contributed by atoms with Gasteiger partial charge in [-0.15, -0.1) is 0 Å². The Kier molecular flexibility index (Phi) is 5.63. The molecule has 1 aliphatic heterocycles. The van der Waals surface area contributed by atoms with E-state index < -0.39 is 5.97 Å². The zero-order valence-corrected chi connectivity index (χ0v) is 12.3. The summed E-state index contributed by atoms with van der Waals surface area (Å²) < 4.78 is 0. The van der Waals surface area contributed by atoms with Crippen LogP contribution in [0, 0.1) is 5.92 Å². The SMILES string of the molecule is CC(C)C(CC(=O)O)NC(=O)N1[C@H](C)CCC[C@@H]1C. The first-order valence-corrected chi connectivity index (χ1v) is 7.13. The summed E-state index contributed by atoms with van der Waals surface area (Å²) in [4.78, 5) is 25.0. The van der Waals surface area contributed by atoms with Gasteiger partial charge in [-0.05, 0) is 39.0 Å². The number of aliphatic carboxylic acids is 1. The summed E-state index contributed by atoms with van der Waals surface area (Å²) in [7, 11) is 0. The van der Waals surface area contributed by atoms with Gasteiger partial charge >= 0.3 is 12.0 Å². The third-order valence-corrected chi connectivity index (χ3v) is 3.94. The number of nitrogens with zero attached hydrogens (tertiary/aromatic N) is 1. The van der Waals surface area contributed by atoms with Crippen LogP contribution in [0.4, 0.5) is 4.79 Å². The molecule has 1 unspecified atom stereocenters. The van der Waals surface area contributed by atoms with E-state index in [0.717, 1.165) is 19.3 Å². The van der Waals surface area contributed by atoms with Gasteiger partial charge in [-0.2, -0.15) is 0 Å². The van der Waals surface area contributed by atoms with Gasteiger partial charge in [0.15, 0.2) is 0 Å². The third-order valence-electron chi connectivity index (χ3n) is 3.94. The van der Waals surface area contributed by atoms with Crippen LogP contribution in [0.25, 0.3) is 0 Å². The van der Waals surface area contributed by atoms with Gasteiger partial charge in [0, 0.05) is 18.1 Å². The number of piperidine rings is 1. The number of rotatable bonds is 4. The Hall–Kier alpha value is -1.26. The molecule has 1 heterocycles. The highest BCUT2D eigenvalue weighted by molar-refractivity contribution is 5.76. The highest BCUT2D eigenvalue weighted by Crippen LogP contribution is 2.22. The summed E-state index contributed by atoms with van der Waals surface area (Å²) in [6, 6.07) is 0.00811.